The first-order chi connectivity index (χ1) is 11.8. The molecule has 3 amide bonds. The number of nitrogens with one attached hydrogen (secondary N) is 2. The fourth-order valence-electron chi connectivity index (χ4n) is 2.61. The van der Waals surface area contributed by atoms with Crippen molar-refractivity contribution in [1.82, 2.24) is 10.2 Å². The molecule has 1 aromatic rings. The fourth-order valence-corrected chi connectivity index (χ4v) is 4.46. The molecule has 1 heterocycles. The number of urea groups is 1. The zero-order valence-electron chi connectivity index (χ0n) is 14.5. The second-order valence-corrected chi connectivity index (χ2v) is 8.11. The summed E-state index contributed by atoms with van der Waals surface area (Å²) in [7, 11) is -0.114. The average molecular weight is 369 g/mol. The van der Waals surface area contributed by atoms with Gasteiger partial charge in [-0.1, -0.05) is 6.07 Å². The van der Waals surface area contributed by atoms with Crippen molar-refractivity contribution in [3.8, 4) is 0 Å². The number of hydrogen-bond donors (Lipinski definition) is 2. The van der Waals surface area contributed by atoms with E-state index < -0.39 is 28.0 Å². The van der Waals surface area contributed by atoms with Crippen molar-refractivity contribution in [3.63, 3.8) is 0 Å². The van der Waals surface area contributed by atoms with Crippen LogP contribution in [0, 0.1) is 0 Å². The van der Waals surface area contributed by atoms with Gasteiger partial charge in [0.1, 0.15) is 0 Å². The number of rotatable bonds is 5. The van der Waals surface area contributed by atoms with Crippen molar-refractivity contribution >= 4 is 27.5 Å². The monoisotopic (exact) mass is 369 g/mol. The smallest absolute Gasteiger partial charge is 0.319 e. The van der Waals surface area contributed by atoms with Crippen LogP contribution in [0.1, 0.15) is 17.3 Å². The van der Waals surface area contributed by atoms with Crippen LogP contribution < -0.4 is 10.6 Å². The summed E-state index contributed by atoms with van der Waals surface area (Å²) in [5, 5.41) is 5.24. The van der Waals surface area contributed by atoms with Crippen molar-refractivity contribution in [2.75, 3.05) is 37.5 Å². The maximum atomic E-state index is 12.2. The first-order valence-electron chi connectivity index (χ1n) is 7.92. The van der Waals surface area contributed by atoms with Gasteiger partial charge in [-0.05, 0) is 25.1 Å². The van der Waals surface area contributed by atoms with Gasteiger partial charge in [0.15, 0.2) is 9.84 Å². The molecule has 2 atom stereocenters. The topological polar surface area (TPSA) is 105 Å². The zero-order chi connectivity index (χ0) is 18.6. The Hall–Kier alpha value is -2.13. The molecule has 1 fully saturated rings. The third-order valence-corrected chi connectivity index (χ3v) is 5.81. The van der Waals surface area contributed by atoms with Crippen LogP contribution in [0.5, 0.6) is 0 Å². The van der Waals surface area contributed by atoms with Crippen molar-refractivity contribution in [1.29, 1.82) is 0 Å². The molecule has 0 bridgehead atoms. The average Bonchev–Trinajstić information content (AvgIpc) is 2.87. The Balaban J connectivity index is 2.02. The molecule has 0 saturated carbocycles. The number of amides is 3. The van der Waals surface area contributed by atoms with Crippen molar-refractivity contribution < 1.29 is 22.7 Å². The van der Waals surface area contributed by atoms with Crippen LogP contribution in [0.3, 0.4) is 0 Å². The molecule has 2 N–H and O–H groups in total. The van der Waals surface area contributed by atoms with Gasteiger partial charge in [0.25, 0.3) is 5.91 Å². The predicted molar refractivity (Wildman–Crippen MR) is 94.5 cm³/mol. The molecule has 138 valence electrons. The number of sulfone groups is 1. The fraction of sp³-hybridized carbons (Fsp3) is 0.500. The molecule has 2 unspecified atom stereocenters. The highest BCUT2D eigenvalue weighted by atomic mass is 32.2. The summed E-state index contributed by atoms with van der Waals surface area (Å²) in [6.45, 7) is 2.45. The lowest BCUT2D eigenvalue weighted by molar-refractivity contribution is 0.0802. The largest absolute Gasteiger partial charge is 0.378 e. The molecule has 2 rings (SSSR count). The van der Waals surface area contributed by atoms with Crippen molar-refractivity contribution in [2.24, 2.45) is 0 Å². The van der Waals surface area contributed by atoms with Gasteiger partial charge >= 0.3 is 6.03 Å². The lowest BCUT2D eigenvalue weighted by Gasteiger charge is -2.19. The normalized spacial score (nSPS) is 21.6. The van der Waals surface area contributed by atoms with E-state index in [0.717, 1.165) is 0 Å². The van der Waals surface area contributed by atoms with Crippen molar-refractivity contribution in [3.05, 3.63) is 29.8 Å². The third-order valence-electron chi connectivity index (χ3n) is 4.11. The number of ether oxygens (including phenoxy) is 1. The van der Waals surface area contributed by atoms with Crippen LogP contribution in [0.2, 0.25) is 0 Å². The first kappa shape index (κ1) is 19.2. The maximum absolute atomic E-state index is 12.2. The van der Waals surface area contributed by atoms with Gasteiger partial charge in [-0.3, -0.25) is 4.79 Å². The van der Waals surface area contributed by atoms with E-state index in [1.54, 1.807) is 36.2 Å². The number of carbonyl (C=O) groups is 2. The van der Waals surface area contributed by atoms with Gasteiger partial charge in [0, 0.05) is 32.0 Å². The number of anilines is 1. The highest BCUT2D eigenvalue weighted by Gasteiger charge is 2.38. The second kappa shape index (κ2) is 7.83. The van der Waals surface area contributed by atoms with Crippen molar-refractivity contribution in [2.45, 2.75) is 19.1 Å². The molecule has 8 nitrogen and oxygen atoms in total. The van der Waals surface area contributed by atoms with Crippen LogP contribution >= 0.6 is 0 Å². The van der Waals surface area contributed by atoms with Gasteiger partial charge in [-0.2, -0.15) is 0 Å². The molecule has 0 aromatic heterocycles. The molecule has 9 heteroatoms. The zero-order valence-corrected chi connectivity index (χ0v) is 15.3. The van der Waals surface area contributed by atoms with Gasteiger partial charge in [0.2, 0.25) is 0 Å². The van der Waals surface area contributed by atoms with Crippen LogP contribution in [0.25, 0.3) is 0 Å². The minimum atomic E-state index is -3.22. The molecule has 1 saturated heterocycles. The van der Waals surface area contributed by atoms with E-state index in [-0.39, 0.29) is 17.4 Å². The molecule has 0 radical (unpaired) electrons. The highest BCUT2D eigenvalue weighted by Crippen LogP contribution is 2.16. The van der Waals surface area contributed by atoms with Crippen LogP contribution in [0.15, 0.2) is 24.3 Å². The maximum Gasteiger partial charge on any atom is 0.319 e. The minimum Gasteiger partial charge on any atom is -0.378 e. The summed E-state index contributed by atoms with van der Waals surface area (Å²) >= 11 is 0. The van der Waals surface area contributed by atoms with Gasteiger partial charge < -0.3 is 20.3 Å². The van der Waals surface area contributed by atoms with E-state index in [1.807, 2.05) is 6.92 Å². The van der Waals surface area contributed by atoms with E-state index in [2.05, 4.69) is 10.6 Å². The van der Waals surface area contributed by atoms with E-state index in [9.17, 15) is 18.0 Å². The SMILES string of the molecule is CCN(C)C(=O)c1cccc(NC(=O)NC2CS(=O)(=O)CC2OC)c1. The molecule has 0 spiro atoms. The Morgan fingerprint density at radius 3 is 2.68 bits per heavy atom. The summed E-state index contributed by atoms with van der Waals surface area (Å²) in [6.07, 6.45) is -0.568. The van der Waals surface area contributed by atoms with E-state index in [0.29, 0.717) is 17.8 Å². The Kier molecular flexibility index (Phi) is 6.02. The van der Waals surface area contributed by atoms with Crippen LogP contribution in [-0.4, -0.2) is 69.6 Å². The van der Waals surface area contributed by atoms with E-state index in [1.165, 1.54) is 7.11 Å². The van der Waals surface area contributed by atoms with E-state index in [4.69, 9.17) is 4.74 Å². The number of methoxy groups -OCH3 is 1. The lowest BCUT2D eigenvalue weighted by Crippen LogP contribution is -2.45. The first-order valence-corrected chi connectivity index (χ1v) is 9.74. The summed E-state index contributed by atoms with van der Waals surface area (Å²) in [5.41, 5.74) is 0.906. The number of hydrogen-bond acceptors (Lipinski definition) is 5. The predicted octanol–water partition coefficient (Wildman–Crippen LogP) is 0.712. The summed E-state index contributed by atoms with van der Waals surface area (Å²) in [6, 6.07) is 5.42. The number of nitrogens with zero attached hydrogens (tertiary/aromatic N) is 1. The number of carbonyl (C=O) groups excluding carboxylic acids is 2. The Morgan fingerprint density at radius 1 is 1.32 bits per heavy atom. The summed E-state index contributed by atoms with van der Waals surface area (Å²) < 4.78 is 28.5. The van der Waals surface area contributed by atoms with Crippen LogP contribution in [-0.2, 0) is 14.6 Å². The second-order valence-electron chi connectivity index (χ2n) is 5.96. The Morgan fingerprint density at radius 2 is 2.04 bits per heavy atom. The van der Waals surface area contributed by atoms with Gasteiger partial charge in [-0.25, -0.2) is 13.2 Å². The minimum absolute atomic E-state index is 0.109. The third kappa shape index (κ3) is 4.93. The standard InChI is InChI=1S/C16H23N3O5S/c1-4-19(2)15(20)11-6-5-7-12(8-11)17-16(21)18-13-9-25(22,23)10-14(13)24-3/h5-8,13-14H,4,9-10H2,1-3H3,(H2,17,18,21). The lowest BCUT2D eigenvalue weighted by atomic mass is 10.1. The molecular weight excluding hydrogens is 346 g/mol. The van der Waals surface area contributed by atoms with E-state index >= 15 is 0 Å². The Bertz CT molecular complexity index is 750. The van der Waals surface area contributed by atoms with Crippen LogP contribution in [0.4, 0.5) is 10.5 Å². The molecule has 0 aliphatic carbocycles. The number of benzene rings is 1. The van der Waals surface area contributed by atoms with Gasteiger partial charge in [0.05, 0.1) is 23.7 Å². The molecule has 1 aromatic carbocycles. The Labute approximate surface area is 147 Å². The molecule has 1 aliphatic heterocycles. The molecule has 25 heavy (non-hydrogen) atoms. The highest BCUT2D eigenvalue weighted by molar-refractivity contribution is 7.91. The molecule has 1 aliphatic rings. The quantitative estimate of drug-likeness (QED) is 0.795. The summed E-state index contributed by atoms with van der Waals surface area (Å²) in [4.78, 5) is 25.9. The van der Waals surface area contributed by atoms with Gasteiger partial charge in [-0.15, -0.1) is 0 Å². The molecular formula is C16H23N3O5S. The summed E-state index contributed by atoms with van der Waals surface area (Å²) in [5.74, 6) is -0.409.